The first kappa shape index (κ1) is 20.2. The molecule has 3 aromatic rings. The van der Waals surface area contributed by atoms with Crippen molar-refractivity contribution in [1.82, 2.24) is 10.6 Å². The molecule has 0 saturated heterocycles. The molecule has 0 radical (unpaired) electrons. The normalized spacial score (nSPS) is 15.8. The van der Waals surface area contributed by atoms with Crippen molar-refractivity contribution in [3.63, 3.8) is 0 Å². The van der Waals surface area contributed by atoms with E-state index >= 15 is 0 Å². The Morgan fingerprint density at radius 1 is 1.03 bits per heavy atom. The maximum absolute atomic E-state index is 12.8. The van der Waals surface area contributed by atoms with Gasteiger partial charge in [-0.3, -0.25) is 4.79 Å². The number of nitrogens with one attached hydrogen (secondary N) is 2. The van der Waals surface area contributed by atoms with Crippen molar-refractivity contribution in [3.8, 4) is 5.75 Å². The molecule has 2 atom stereocenters. The highest BCUT2D eigenvalue weighted by molar-refractivity contribution is 5.94. The number of amides is 1. The van der Waals surface area contributed by atoms with Crippen LogP contribution in [0.2, 0.25) is 0 Å². The molecule has 1 heterocycles. The molecule has 4 rings (SSSR count). The van der Waals surface area contributed by atoms with Crippen LogP contribution in [0.1, 0.15) is 27.0 Å². The molecule has 2 unspecified atom stereocenters. The van der Waals surface area contributed by atoms with E-state index in [2.05, 4.69) is 34.9 Å². The third kappa shape index (κ3) is 5.28. The van der Waals surface area contributed by atoms with E-state index in [0.717, 1.165) is 30.7 Å². The van der Waals surface area contributed by atoms with Crippen molar-refractivity contribution in [2.24, 2.45) is 0 Å². The first-order valence-corrected chi connectivity index (χ1v) is 10.5. The number of rotatable bonds is 8. The Hall–Kier alpha value is -3.11. The number of ether oxygens (including phenoxy) is 1. The molecule has 2 N–H and O–H groups in total. The van der Waals surface area contributed by atoms with Crippen molar-refractivity contribution in [3.05, 3.63) is 101 Å². The number of hydrogen-bond acceptors (Lipinski definition) is 3. The molecule has 0 fully saturated rings. The summed E-state index contributed by atoms with van der Waals surface area (Å²) in [6.07, 6.45) is 1.83. The fourth-order valence-electron chi connectivity index (χ4n) is 3.91. The second-order valence-electron chi connectivity index (χ2n) is 7.94. The minimum Gasteiger partial charge on any atom is -0.488 e. The van der Waals surface area contributed by atoms with Crippen LogP contribution in [-0.4, -0.2) is 31.1 Å². The number of carbonyl (C=O) groups excluding carboxylic acids is 1. The van der Waals surface area contributed by atoms with Gasteiger partial charge in [0.05, 0.1) is 0 Å². The smallest absolute Gasteiger partial charge is 0.251 e. The molecule has 30 heavy (non-hydrogen) atoms. The second kappa shape index (κ2) is 9.59. The van der Waals surface area contributed by atoms with Crippen LogP contribution in [0.5, 0.6) is 5.75 Å². The van der Waals surface area contributed by atoms with Gasteiger partial charge >= 0.3 is 0 Å². The van der Waals surface area contributed by atoms with Crippen LogP contribution in [-0.2, 0) is 12.8 Å². The van der Waals surface area contributed by atoms with Gasteiger partial charge in [-0.2, -0.15) is 0 Å². The summed E-state index contributed by atoms with van der Waals surface area (Å²) in [5.41, 5.74) is 4.25. The lowest BCUT2D eigenvalue weighted by molar-refractivity contribution is 0.0935. The number of carbonyl (C=O) groups is 1. The summed E-state index contributed by atoms with van der Waals surface area (Å²) in [5.74, 6) is 0.948. The van der Waals surface area contributed by atoms with E-state index in [9.17, 15) is 4.79 Å². The van der Waals surface area contributed by atoms with E-state index in [4.69, 9.17) is 4.74 Å². The Morgan fingerprint density at radius 3 is 2.63 bits per heavy atom. The highest BCUT2D eigenvalue weighted by Crippen LogP contribution is 2.27. The van der Waals surface area contributed by atoms with E-state index in [1.54, 1.807) is 0 Å². The van der Waals surface area contributed by atoms with Crippen molar-refractivity contribution >= 4 is 5.91 Å². The van der Waals surface area contributed by atoms with E-state index in [1.165, 1.54) is 11.1 Å². The number of hydrogen-bond donors (Lipinski definition) is 2. The molecular weight excluding hydrogens is 372 g/mol. The van der Waals surface area contributed by atoms with E-state index in [0.29, 0.717) is 12.1 Å². The Bertz CT molecular complexity index is 962. The van der Waals surface area contributed by atoms with E-state index in [-0.39, 0.29) is 18.1 Å². The molecule has 0 spiro atoms. The van der Waals surface area contributed by atoms with Crippen molar-refractivity contribution in [2.45, 2.75) is 31.9 Å². The van der Waals surface area contributed by atoms with Gasteiger partial charge in [0.2, 0.25) is 0 Å². The van der Waals surface area contributed by atoms with Crippen LogP contribution in [0, 0.1) is 6.92 Å². The highest BCUT2D eigenvalue weighted by Gasteiger charge is 2.22. The molecule has 3 aromatic carbocycles. The fourth-order valence-corrected chi connectivity index (χ4v) is 3.91. The van der Waals surface area contributed by atoms with Crippen LogP contribution in [0.25, 0.3) is 0 Å². The number of benzene rings is 3. The third-order valence-electron chi connectivity index (χ3n) is 5.42. The lowest BCUT2D eigenvalue weighted by Crippen LogP contribution is -2.45. The van der Waals surface area contributed by atoms with Gasteiger partial charge in [0.1, 0.15) is 11.9 Å². The summed E-state index contributed by atoms with van der Waals surface area (Å²) in [4.78, 5) is 12.8. The summed E-state index contributed by atoms with van der Waals surface area (Å²) in [6.45, 7) is 3.43. The molecular formula is C26H28N2O2. The maximum atomic E-state index is 12.8. The van der Waals surface area contributed by atoms with Gasteiger partial charge in [-0.15, -0.1) is 0 Å². The maximum Gasteiger partial charge on any atom is 0.251 e. The molecule has 0 bridgehead atoms. The molecule has 0 aliphatic carbocycles. The van der Waals surface area contributed by atoms with Gasteiger partial charge in [0.25, 0.3) is 5.91 Å². The summed E-state index contributed by atoms with van der Waals surface area (Å²) in [7, 11) is 0. The van der Waals surface area contributed by atoms with Gasteiger partial charge < -0.3 is 15.4 Å². The molecule has 0 aromatic heterocycles. The quantitative estimate of drug-likeness (QED) is 0.602. The molecule has 1 aliphatic rings. The van der Waals surface area contributed by atoms with Crippen molar-refractivity contribution in [2.75, 3.05) is 13.1 Å². The van der Waals surface area contributed by atoms with E-state index in [1.807, 2.05) is 61.5 Å². The van der Waals surface area contributed by atoms with Gasteiger partial charge in [-0.1, -0.05) is 66.2 Å². The Kier molecular flexibility index (Phi) is 6.45. The van der Waals surface area contributed by atoms with Gasteiger partial charge in [0.15, 0.2) is 0 Å². The zero-order valence-corrected chi connectivity index (χ0v) is 17.3. The number of para-hydroxylation sites is 1. The summed E-state index contributed by atoms with van der Waals surface area (Å²) < 4.78 is 6.02. The van der Waals surface area contributed by atoms with Crippen LogP contribution in [0.15, 0.2) is 78.9 Å². The van der Waals surface area contributed by atoms with Crippen LogP contribution in [0.3, 0.4) is 0 Å². The molecule has 1 amide bonds. The van der Waals surface area contributed by atoms with Gasteiger partial charge in [0, 0.05) is 31.1 Å². The average molecular weight is 401 g/mol. The van der Waals surface area contributed by atoms with Gasteiger partial charge in [-0.25, -0.2) is 0 Å². The first-order valence-electron chi connectivity index (χ1n) is 10.5. The SMILES string of the molecule is Cc1cccc(C(=O)NC(CNCC2Cc3ccccc3O2)Cc2ccccc2)c1. The zero-order valence-electron chi connectivity index (χ0n) is 17.3. The molecule has 154 valence electrons. The largest absolute Gasteiger partial charge is 0.488 e. The minimum atomic E-state index is -0.0362. The predicted octanol–water partition coefficient (Wildman–Crippen LogP) is 3.93. The Balaban J connectivity index is 1.36. The highest BCUT2D eigenvalue weighted by atomic mass is 16.5. The fraction of sp³-hybridized carbons (Fsp3) is 0.269. The average Bonchev–Trinajstić information content (AvgIpc) is 3.17. The second-order valence-corrected chi connectivity index (χ2v) is 7.94. The lowest BCUT2D eigenvalue weighted by Gasteiger charge is -2.21. The zero-order chi connectivity index (χ0) is 20.8. The predicted molar refractivity (Wildman–Crippen MR) is 120 cm³/mol. The lowest BCUT2D eigenvalue weighted by atomic mass is 10.0. The van der Waals surface area contributed by atoms with Crippen LogP contribution in [0.4, 0.5) is 0 Å². The first-order chi connectivity index (χ1) is 14.7. The van der Waals surface area contributed by atoms with Gasteiger partial charge in [-0.05, 0) is 42.7 Å². The summed E-state index contributed by atoms with van der Waals surface area (Å²) >= 11 is 0. The minimum absolute atomic E-state index is 0.0100. The monoisotopic (exact) mass is 400 g/mol. The third-order valence-corrected chi connectivity index (χ3v) is 5.42. The number of fused-ring (bicyclic) bond motifs is 1. The molecule has 1 aliphatic heterocycles. The topological polar surface area (TPSA) is 50.4 Å². The van der Waals surface area contributed by atoms with Crippen LogP contribution >= 0.6 is 0 Å². The summed E-state index contributed by atoms with van der Waals surface area (Å²) in [6, 6.07) is 26.2. The van der Waals surface area contributed by atoms with E-state index < -0.39 is 0 Å². The summed E-state index contributed by atoms with van der Waals surface area (Å²) in [5, 5.41) is 6.72. The van der Waals surface area contributed by atoms with Crippen molar-refractivity contribution < 1.29 is 9.53 Å². The number of aryl methyl sites for hydroxylation is 1. The molecule has 0 saturated carbocycles. The Morgan fingerprint density at radius 2 is 1.83 bits per heavy atom. The molecule has 4 nitrogen and oxygen atoms in total. The van der Waals surface area contributed by atoms with Crippen molar-refractivity contribution in [1.29, 1.82) is 0 Å². The standard InChI is InChI=1S/C26H28N2O2/c1-19-8-7-12-22(14-19)26(29)28-23(15-20-9-3-2-4-10-20)17-27-18-24-16-21-11-5-6-13-25(21)30-24/h2-14,23-24,27H,15-18H2,1H3,(H,28,29). The van der Waals surface area contributed by atoms with Crippen LogP contribution < -0.4 is 15.4 Å². The Labute approximate surface area is 178 Å². The molecule has 4 heteroatoms.